The van der Waals surface area contributed by atoms with Gasteiger partial charge >= 0.3 is 0 Å². The zero-order valence-electron chi connectivity index (χ0n) is 70.3. The number of hydrogen-bond acceptors (Lipinski definition) is 2. The second-order valence-corrected chi connectivity index (χ2v) is 38.9. The lowest BCUT2D eigenvalue weighted by Crippen LogP contribution is -2.61. The van der Waals surface area contributed by atoms with E-state index < -0.39 is 0 Å². The first-order valence-corrected chi connectivity index (χ1v) is 41.6. The van der Waals surface area contributed by atoms with E-state index in [0.29, 0.717) is 0 Å². The number of anilines is 6. The quantitative estimate of drug-likeness (QED) is 0.0845. The van der Waals surface area contributed by atoms with Crippen LogP contribution >= 0.6 is 0 Å². The SMILES string of the molecule is CCCCCCc1cc2c3c(c1)N(c1c(-c4ccccc4)cc(C(C)(C)C)cc1-c1ccccc1)c1cc(-n4c5ccc(C(C)(C)C)cc5c5cc(C(C)(C)C)ccc54)ccc1B3c1ccc(-n3c4ccc(C(C)(C)C)cc4c4cc(C(C)(C)C)ccc43)cc1N2c1c(-c2ccccc2)cc(C(C)(C)C)cc1-c1ccccc1. The molecule has 5 heteroatoms. The Bertz CT molecular complexity index is 5570. The van der Waals surface area contributed by atoms with E-state index in [-0.39, 0.29) is 39.2 Å². The average molecular weight is 1480 g/mol. The maximum absolute atomic E-state index is 2.79. The van der Waals surface area contributed by atoms with E-state index in [1.165, 1.54) is 173 Å². The van der Waals surface area contributed by atoms with Gasteiger partial charge in [0.05, 0.1) is 33.4 Å². The van der Waals surface area contributed by atoms with Gasteiger partial charge < -0.3 is 18.9 Å². The van der Waals surface area contributed by atoms with E-state index in [2.05, 4.69) is 417 Å². The molecule has 0 saturated heterocycles. The molecule has 113 heavy (non-hydrogen) atoms. The minimum absolute atomic E-state index is 0.0579. The van der Waals surface area contributed by atoms with Gasteiger partial charge in [-0.1, -0.05) is 309 Å². The van der Waals surface area contributed by atoms with E-state index in [4.69, 9.17) is 0 Å². The molecule has 0 N–H and O–H groups in total. The van der Waals surface area contributed by atoms with Crippen LogP contribution in [0.1, 0.15) is 196 Å². The van der Waals surface area contributed by atoms with E-state index in [1.54, 1.807) is 0 Å². The smallest absolute Gasteiger partial charge is 0.252 e. The standard InChI is InChI=1S/C108H111BN4/c1-20-21-22-27-36-69-57-98-100-99(58-69)113(102-84(72-41-32-25-33-42-72)65-79(108(17,18)19)66-85(102)73-43-34-26-35-44-73)97-68-81(111-94-55-47-76(105(8,9)10)61-88(94)89-62-77(106(11,12)13)48-56-95(89)111)50-52-91(97)109(100)90-51-49-80(110-92-53-45-74(103(2,3)4)59-86(92)87-60-75(104(5,6)7)46-54-93(87)110)67-96(90)112(98)101-82(70-37-28-23-29-38-70)63-78(107(14,15)16)64-83(101)71-39-30-24-31-40-71/h23-26,28-35,37-68H,20-22,27,36H2,1-19H3. The molecule has 15 aromatic rings. The van der Waals surface area contributed by atoms with Crippen molar-refractivity contribution >= 4 is 101 Å². The normalized spacial score (nSPS) is 13.4. The third-order valence-corrected chi connectivity index (χ3v) is 24.7. The van der Waals surface area contributed by atoms with Crippen LogP contribution in [-0.2, 0) is 38.9 Å². The molecule has 0 saturated carbocycles. The van der Waals surface area contributed by atoms with Gasteiger partial charge in [0.1, 0.15) is 0 Å². The van der Waals surface area contributed by atoms with Crippen molar-refractivity contribution in [2.75, 3.05) is 9.80 Å². The molecular weight excluding hydrogens is 1360 g/mol. The summed E-state index contributed by atoms with van der Waals surface area (Å²) in [5, 5.41) is 5.10. The van der Waals surface area contributed by atoms with Crippen LogP contribution in [0.5, 0.6) is 0 Å². The number of unbranched alkanes of at least 4 members (excludes halogenated alkanes) is 3. The molecule has 0 aliphatic carbocycles. The highest BCUT2D eigenvalue weighted by atomic mass is 15.2. The molecule has 0 fully saturated rings. The lowest BCUT2D eigenvalue weighted by molar-refractivity contribution is 0.590. The first-order chi connectivity index (χ1) is 53.8. The van der Waals surface area contributed by atoms with Crippen molar-refractivity contribution < 1.29 is 0 Å². The molecule has 2 aliphatic rings. The molecule has 17 rings (SSSR count). The van der Waals surface area contributed by atoms with Crippen molar-refractivity contribution in [3.05, 3.63) is 306 Å². The van der Waals surface area contributed by atoms with Gasteiger partial charge in [0.2, 0.25) is 0 Å². The third kappa shape index (κ3) is 13.3. The number of aromatic nitrogens is 2. The van der Waals surface area contributed by atoms with Gasteiger partial charge in [-0.3, -0.25) is 0 Å². The predicted molar refractivity (Wildman–Crippen MR) is 491 cm³/mol. The number of hydrogen-bond donors (Lipinski definition) is 0. The van der Waals surface area contributed by atoms with Crippen LogP contribution in [0.3, 0.4) is 0 Å². The minimum atomic E-state index is -0.234. The Hall–Kier alpha value is -10.9. The predicted octanol–water partition coefficient (Wildman–Crippen LogP) is 28.5. The first-order valence-electron chi connectivity index (χ1n) is 41.6. The molecule has 0 unspecified atom stereocenters. The Labute approximate surface area is 673 Å². The second-order valence-electron chi connectivity index (χ2n) is 38.9. The summed E-state index contributed by atoms with van der Waals surface area (Å²) in [6.45, 7) is 44.5. The Morgan fingerprint density at radius 3 is 0.832 bits per heavy atom. The number of aryl methyl sites for hydroxylation is 1. The van der Waals surface area contributed by atoms with Gasteiger partial charge in [-0.15, -0.1) is 0 Å². The fourth-order valence-corrected chi connectivity index (χ4v) is 18.1. The second kappa shape index (κ2) is 27.8. The van der Waals surface area contributed by atoms with Crippen LogP contribution in [0.25, 0.3) is 99.5 Å². The van der Waals surface area contributed by atoms with Gasteiger partial charge in [0.15, 0.2) is 0 Å². The Morgan fingerprint density at radius 1 is 0.265 bits per heavy atom. The van der Waals surface area contributed by atoms with Gasteiger partial charge in [0.25, 0.3) is 6.71 Å². The average Bonchev–Trinajstić information content (AvgIpc) is 0.892. The highest BCUT2D eigenvalue weighted by Crippen LogP contribution is 2.56. The maximum atomic E-state index is 2.79. The summed E-state index contributed by atoms with van der Waals surface area (Å²) in [5.41, 5.74) is 36.0. The fourth-order valence-electron chi connectivity index (χ4n) is 18.1. The van der Waals surface area contributed by atoms with E-state index in [1.807, 2.05) is 0 Å². The van der Waals surface area contributed by atoms with Crippen LogP contribution in [0, 0.1) is 0 Å². The summed E-state index contributed by atoms with van der Waals surface area (Å²) in [7, 11) is 0. The van der Waals surface area contributed by atoms with Crippen molar-refractivity contribution in [2.45, 2.75) is 196 Å². The number of benzene rings is 13. The molecule has 0 amide bonds. The maximum Gasteiger partial charge on any atom is 0.252 e. The molecule has 2 aromatic heterocycles. The van der Waals surface area contributed by atoms with Crippen molar-refractivity contribution in [3.8, 4) is 55.9 Å². The van der Waals surface area contributed by atoms with Crippen LogP contribution in [0.2, 0.25) is 0 Å². The van der Waals surface area contributed by atoms with Gasteiger partial charge in [-0.2, -0.15) is 0 Å². The largest absolute Gasteiger partial charge is 0.310 e. The molecule has 566 valence electrons. The molecule has 4 nitrogen and oxygen atoms in total. The highest BCUT2D eigenvalue weighted by Gasteiger charge is 2.46. The summed E-state index contributed by atoms with van der Waals surface area (Å²) in [5.74, 6) is 0. The molecular formula is C108H111BN4. The van der Waals surface area contributed by atoms with Crippen LogP contribution < -0.4 is 26.2 Å². The lowest BCUT2D eigenvalue weighted by Gasteiger charge is -2.46. The number of fused-ring (bicyclic) bond motifs is 10. The number of nitrogens with zero attached hydrogens (tertiary/aromatic N) is 4. The van der Waals surface area contributed by atoms with Crippen molar-refractivity contribution in [1.29, 1.82) is 0 Å². The summed E-state index contributed by atoms with van der Waals surface area (Å²) in [6, 6.07) is 105. The van der Waals surface area contributed by atoms with Crippen molar-refractivity contribution in [3.63, 3.8) is 0 Å². The molecule has 13 aromatic carbocycles. The minimum Gasteiger partial charge on any atom is -0.310 e. The van der Waals surface area contributed by atoms with E-state index >= 15 is 0 Å². The molecule has 0 spiro atoms. The van der Waals surface area contributed by atoms with Crippen molar-refractivity contribution in [2.24, 2.45) is 0 Å². The monoisotopic (exact) mass is 1470 g/mol. The van der Waals surface area contributed by atoms with E-state index in [9.17, 15) is 0 Å². The summed E-state index contributed by atoms with van der Waals surface area (Å²) in [6.07, 6.45) is 5.46. The number of rotatable bonds is 13. The summed E-state index contributed by atoms with van der Waals surface area (Å²) < 4.78 is 5.18. The Kier molecular flexibility index (Phi) is 18.4. The Morgan fingerprint density at radius 2 is 0.558 bits per heavy atom. The summed E-state index contributed by atoms with van der Waals surface area (Å²) in [4.78, 5) is 5.58. The van der Waals surface area contributed by atoms with E-state index in [0.717, 1.165) is 48.4 Å². The Balaban J connectivity index is 1.06. The molecule has 0 radical (unpaired) electrons. The van der Waals surface area contributed by atoms with Crippen LogP contribution in [0.4, 0.5) is 34.1 Å². The first kappa shape index (κ1) is 74.8. The third-order valence-electron chi connectivity index (χ3n) is 24.7. The van der Waals surface area contributed by atoms with Gasteiger partial charge in [0, 0.05) is 77.9 Å². The molecule has 0 bridgehead atoms. The highest BCUT2D eigenvalue weighted by molar-refractivity contribution is 7.00. The summed E-state index contributed by atoms with van der Waals surface area (Å²) >= 11 is 0. The lowest BCUT2D eigenvalue weighted by atomic mass is 9.33. The van der Waals surface area contributed by atoms with Crippen LogP contribution in [0.15, 0.2) is 267 Å². The topological polar surface area (TPSA) is 16.3 Å². The van der Waals surface area contributed by atoms with Gasteiger partial charge in [-0.25, -0.2) is 0 Å². The fraction of sp³-hybridized carbons (Fsp3) is 0.278. The van der Waals surface area contributed by atoms with Gasteiger partial charge in [-0.05, 0) is 232 Å². The molecule has 4 heterocycles. The zero-order chi connectivity index (χ0) is 79.2. The van der Waals surface area contributed by atoms with Crippen molar-refractivity contribution in [1.82, 2.24) is 9.13 Å². The molecule has 0 atom stereocenters. The zero-order valence-corrected chi connectivity index (χ0v) is 70.3. The van der Waals surface area contributed by atoms with Crippen LogP contribution in [-0.4, -0.2) is 15.8 Å². The molecule has 2 aliphatic heterocycles.